The summed E-state index contributed by atoms with van der Waals surface area (Å²) >= 11 is 7.28. The molecule has 1 unspecified atom stereocenters. The van der Waals surface area contributed by atoms with Crippen molar-refractivity contribution in [2.24, 2.45) is 0 Å². The average molecular weight is 328 g/mol. The number of rotatable bonds is 4. The van der Waals surface area contributed by atoms with Gasteiger partial charge < -0.3 is 9.64 Å². The number of piperidine rings is 1. The molecule has 114 valence electrons. The Bertz CT molecular complexity index is 506. The molecule has 1 aromatic carbocycles. The largest absolute Gasteiger partial charge is 0.467 e. The fourth-order valence-corrected chi connectivity index (χ4v) is 3.28. The number of halogens is 1. The Morgan fingerprint density at radius 3 is 2.71 bits per heavy atom. The molecule has 0 radical (unpaired) electrons. The molecule has 1 fully saturated rings. The van der Waals surface area contributed by atoms with E-state index in [4.69, 9.17) is 16.3 Å². The predicted molar refractivity (Wildman–Crippen MR) is 83.5 cm³/mol. The molecule has 1 heterocycles. The van der Waals surface area contributed by atoms with E-state index in [1.807, 2.05) is 12.1 Å². The molecule has 1 aliphatic heterocycles. The number of methoxy groups -OCH3 is 1. The maximum Gasteiger partial charge on any atom is 0.328 e. The van der Waals surface area contributed by atoms with Crippen molar-refractivity contribution in [3.05, 3.63) is 29.3 Å². The predicted octanol–water partition coefficient (Wildman–Crippen LogP) is 2.99. The van der Waals surface area contributed by atoms with Gasteiger partial charge in [-0.1, -0.05) is 11.6 Å². The summed E-state index contributed by atoms with van der Waals surface area (Å²) in [6, 6.07) is 6.93. The highest BCUT2D eigenvalue weighted by Gasteiger charge is 2.32. The average Bonchev–Trinajstić information content (AvgIpc) is 2.53. The van der Waals surface area contributed by atoms with Crippen molar-refractivity contribution in [2.75, 3.05) is 19.4 Å². The zero-order valence-electron chi connectivity index (χ0n) is 11.9. The number of hydrogen-bond acceptors (Lipinski definition) is 4. The van der Waals surface area contributed by atoms with E-state index < -0.39 is 6.04 Å². The van der Waals surface area contributed by atoms with E-state index in [-0.39, 0.29) is 11.9 Å². The number of thioether (sulfide) groups is 1. The van der Waals surface area contributed by atoms with Crippen molar-refractivity contribution in [2.45, 2.75) is 30.2 Å². The van der Waals surface area contributed by atoms with E-state index in [0.29, 0.717) is 23.7 Å². The summed E-state index contributed by atoms with van der Waals surface area (Å²) in [6.45, 7) is 0.625. The summed E-state index contributed by atoms with van der Waals surface area (Å²) in [4.78, 5) is 26.7. The minimum Gasteiger partial charge on any atom is -0.467 e. The van der Waals surface area contributed by atoms with E-state index in [1.54, 1.807) is 17.0 Å². The topological polar surface area (TPSA) is 46.6 Å². The van der Waals surface area contributed by atoms with Crippen LogP contribution < -0.4 is 0 Å². The van der Waals surface area contributed by atoms with Crippen molar-refractivity contribution in [3.8, 4) is 0 Å². The third kappa shape index (κ3) is 4.38. The molecule has 0 bridgehead atoms. The summed E-state index contributed by atoms with van der Waals surface area (Å²) in [5.74, 6) is -0.0284. The van der Waals surface area contributed by atoms with Crippen molar-refractivity contribution in [1.82, 2.24) is 4.90 Å². The van der Waals surface area contributed by atoms with Gasteiger partial charge in [0.05, 0.1) is 12.9 Å². The molecule has 21 heavy (non-hydrogen) atoms. The van der Waals surface area contributed by atoms with Crippen LogP contribution in [0.25, 0.3) is 0 Å². The van der Waals surface area contributed by atoms with Crippen LogP contribution in [0, 0.1) is 0 Å². The van der Waals surface area contributed by atoms with Gasteiger partial charge in [-0.15, -0.1) is 11.8 Å². The highest BCUT2D eigenvalue weighted by molar-refractivity contribution is 8.00. The van der Waals surface area contributed by atoms with Crippen LogP contribution in [-0.4, -0.2) is 42.2 Å². The maximum atomic E-state index is 12.3. The van der Waals surface area contributed by atoms with Crippen LogP contribution in [0.1, 0.15) is 19.3 Å². The van der Waals surface area contributed by atoms with Gasteiger partial charge in [-0.25, -0.2) is 4.79 Å². The molecule has 1 atom stereocenters. The standard InChI is InChI=1S/C15H18ClNO3S/c1-20-15(19)13-4-2-3-9-17(13)14(18)10-21-12-7-5-11(16)6-8-12/h5-8,13H,2-4,9-10H2,1H3. The molecule has 4 nitrogen and oxygen atoms in total. The fourth-order valence-electron chi connectivity index (χ4n) is 2.37. The number of carbonyl (C=O) groups is 2. The van der Waals surface area contributed by atoms with Crippen LogP contribution >= 0.6 is 23.4 Å². The molecular weight excluding hydrogens is 310 g/mol. The molecule has 1 aliphatic rings. The number of benzene rings is 1. The summed E-state index contributed by atoms with van der Waals surface area (Å²) in [6.07, 6.45) is 2.57. The van der Waals surface area contributed by atoms with E-state index in [9.17, 15) is 9.59 Å². The molecule has 0 aliphatic carbocycles. The molecule has 1 aromatic rings. The fraction of sp³-hybridized carbons (Fsp3) is 0.467. The Labute approximate surface area is 133 Å². The van der Waals surface area contributed by atoms with Gasteiger partial charge in [0.15, 0.2) is 0 Å². The maximum absolute atomic E-state index is 12.3. The summed E-state index contributed by atoms with van der Waals surface area (Å²) in [7, 11) is 1.36. The molecule has 6 heteroatoms. The van der Waals surface area contributed by atoms with Crippen molar-refractivity contribution >= 4 is 35.2 Å². The SMILES string of the molecule is COC(=O)C1CCCCN1C(=O)CSc1ccc(Cl)cc1. The zero-order valence-corrected chi connectivity index (χ0v) is 13.5. The molecule has 0 saturated carbocycles. The van der Waals surface area contributed by atoms with Crippen LogP contribution in [0.2, 0.25) is 5.02 Å². The number of likely N-dealkylation sites (tertiary alicyclic amines) is 1. The number of amides is 1. The number of nitrogens with zero attached hydrogens (tertiary/aromatic N) is 1. The van der Waals surface area contributed by atoms with Crippen LogP contribution in [-0.2, 0) is 14.3 Å². The quantitative estimate of drug-likeness (QED) is 0.630. The Balaban J connectivity index is 1.94. The van der Waals surface area contributed by atoms with Crippen LogP contribution in [0.4, 0.5) is 0 Å². The third-order valence-corrected chi connectivity index (χ3v) is 4.72. The molecule has 1 saturated heterocycles. The zero-order chi connectivity index (χ0) is 15.2. The molecule has 0 N–H and O–H groups in total. The molecule has 1 amide bonds. The first-order chi connectivity index (χ1) is 10.1. The van der Waals surface area contributed by atoms with Gasteiger partial charge in [0.2, 0.25) is 5.91 Å². The lowest BCUT2D eigenvalue weighted by Gasteiger charge is -2.33. The van der Waals surface area contributed by atoms with Gasteiger partial charge in [0.1, 0.15) is 6.04 Å². The van der Waals surface area contributed by atoms with E-state index in [0.717, 1.165) is 17.7 Å². The van der Waals surface area contributed by atoms with Crippen LogP contribution in [0.15, 0.2) is 29.2 Å². The van der Waals surface area contributed by atoms with Gasteiger partial charge in [-0.3, -0.25) is 4.79 Å². The van der Waals surface area contributed by atoms with Gasteiger partial charge >= 0.3 is 5.97 Å². The van der Waals surface area contributed by atoms with E-state index in [2.05, 4.69) is 0 Å². The lowest BCUT2D eigenvalue weighted by Crippen LogP contribution is -2.49. The lowest BCUT2D eigenvalue weighted by molar-refractivity contribution is -0.153. The third-order valence-electron chi connectivity index (χ3n) is 3.47. The van der Waals surface area contributed by atoms with Crippen LogP contribution in [0.3, 0.4) is 0 Å². The number of hydrogen-bond donors (Lipinski definition) is 0. The van der Waals surface area contributed by atoms with Gasteiger partial charge in [0.25, 0.3) is 0 Å². The first kappa shape index (κ1) is 16.2. The van der Waals surface area contributed by atoms with Crippen molar-refractivity contribution in [1.29, 1.82) is 0 Å². The smallest absolute Gasteiger partial charge is 0.328 e. The summed E-state index contributed by atoms with van der Waals surface area (Å²) in [5.41, 5.74) is 0. The Hall–Kier alpha value is -1.20. The molecule has 0 aromatic heterocycles. The highest BCUT2D eigenvalue weighted by Crippen LogP contribution is 2.23. The second kappa shape index (κ2) is 7.71. The monoisotopic (exact) mass is 327 g/mol. The first-order valence-electron chi connectivity index (χ1n) is 6.87. The normalized spacial score (nSPS) is 18.4. The minimum atomic E-state index is -0.429. The van der Waals surface area contributed by atoms with Crippen LogP contribution in [0.5, 0.6) is 0 Å². The Morgan fingerprint density at radius 1 is 1.33 bits per heavy atom. The second-order valence-corrected chi connectivity index (χ2v) is 6.35. The first-order valence-corrected chi connectivity index (χ1v) is 8.24. The molecule has 2 rings (SSSR count). The minimum absolute atomic E-state index is 0.0231. The number of esters is 1. The molecule has 0 spiro atoms. The van der Waals surface area contributed by atoms with E-state index in [1.165, 1.54) is 18.9 Å². The summed E-state index contributed by atoms with van der Waals surface area (Å²) in [5, 5.41) is 0.674. The Kier molecular flexibility index (Phi) is 5.94. The second-order valence-electron chi connectivity index (χ2n) is 4.86. The Morgan fingerprint density at radius 2 is 2.05 bits per heavy atom. The molecular formula is C15H18ClNO3S. The lowest BCUT2D eigenvalue weighted by atomic mass is 10.0. The highest BCUT2D eigenvalue weighted by atomic mass is 35.5. The van der Waals surface area contributed by atoms with E-state index >= 15 is 0 Å². The number of ether oxygens (including phenoxy) is 1. The van der Waals surface area contributed by atoms with Crippen molar-refractivity contribution in [3.63, 3.8) is 0 Å². The number of carbonyl (C=O) groups excluding carboxylic acids is 2. The summed E-state index contributed by atoms with van der Waals surface area (Å²) < 4.78 is 4.79. The van der Waals surface area contributed by atoms with Gasteiger partial charge in [0, 0.05) is 16.5 Å². The van der Waals surface area contributed by atoms with Gasteiger partial charge in [-0.05, 0) is 43.5 Å². The van der Waals surface area contributed by atoms with Gasteiger partial charge in [-0.2, -0.15) is 0 Å². The van der Waals surface area contributed by atoms with Crippen molar-refractivity contribution < 1.29 is 14.3 Å².